The van der Waals surface area contributed by atoms with Crippen molar-refractivity contribution in [2.75, 3.05) is 7.05 Å². The van der Waals surface area contributed by atoms with E-state index in [1.54, 1.807) is 0 Å². The van der Waals surface area contributed by atoms with Gasteiger partial charge in [0.15, 0.2) is 0 Å². The predicted octanol–water partition coefficient (Wildman–Crippen LogP) is -2.57. The summed E-state index contributed by atoms with van der Waals surface area (Å²) < 4.78 is 0. The maximum atomic E-state index is 4.50. The van der Waals surface area contributed by atoms with E-state index in [4.69, 9.17) is 0 Å². The Hall–Kier alpha value is 3.07. The van der Waals surface area contributed by atoms with E-state index in [9.17, 15) is 0 Å². The quantitative estimate of drug-likeness (QED) is 0.234. The second-order valence-electron chi connectivity index (χ2n) is 0.0540. The van der Waals surface area contributed by atoms with Crippen LogP contribution in [0.1, 0.15) is 0 Å². The van der Waals surface area contributed by atoms with E-state index in [0.29, 0.717) is 13.3 Å². The summed E-state index contributed by atoms with van der Waals surface area (Å²) in [6.07, 6.45) is 0. The van der Waals surface area contributed by atoms with Crippen LogP contribution in [-0.2, 0) is 0 Å². The Labute approximate surface area is 88.4 Å². The predicted molar refractivity (Wildman–Crippen MR) is 46.7 cm³/mol. The molecule has 0 aliphatic carbocycles. The topological polar surface area (TPSA) is 26.0 Å². The second-order valence-corrected chi connectivity index (χ2v) is 16.3. The van der Waals surface area contributed by atoms with Gasteiger partial charge in [0, 0.05) is 0 Å². The van der Waals surface area contributed by atoms with Crippen LogP contribution in [0.25, 0.3) is 0 Å². The number of rotatable bonds is 0. The summed E-state index contributed by atoms with van der Waals surface area (Å²) in [4.78, 5) is 0. The number of nitrogens with two attached hydrogens (primary N) is 1. The Morgan fingerprint density at radius 1 is 1.33 bits per heavy atom. The van der Waals surface area contributed by atoms with Crippen LogP contribution in [0.4, 0.5) is 0 Å². The van der Waals surface area contributed by atoms with E-state index in [1.165, 1.54) is 7.05 Å². The van der Waals surface area contributed by atoms with Gasteiger partial charge in [0.2, 0.25) is 0 Å². The molecule has 0 fully saturated rings. The van der Waals surface area contributed by atoms with E-state index < -0.39 is 0 Å². The Bertz CT molecular complexity index is 10.8. The molecule has 5 heteroatoms. The summed E-state index contributed by atoms with van der Waals surface area (Å²) in [5.41, 5.74) is 4.50. The molecular weight excluding hydrogens is 614 g/mol. The molecule has 0 unspecified atom stereocenters. The zero-order valence-electron chi connectivity index (χ0n) is 3.42. The zero-order valence-corrected chi connectivity index (χ0v) is 15.4. The van der Waals surface area contributed by atoms with E-state index in [-0.39, 0.29) is 27.3 Å². The van der Waals surface area contributed by atoms with Gasteiger partial charge in [-0.25, -0.2) is 0 Å². The molecule has 0 amide bonds. The number of halogens is 3. The summed E-state index contributed by atoms with van der Waals surface area (Å²) in [5, 5.41) is 0. The first kappa shape index (κ1) is 16.0. The van der Waals surface area contributed by atoms with E-state index >= 15 is 0 Å². The molecule has 0 atom stereocenters. The van der Waals surface area contributed by atoms with Gasteiger partial charge in [-0.05, 0) is 7.05 Å². The molecule has 0 aliphatic heterocycles. The molecule has 2 radical (unpaired) electrons. The minimum atomic E-state index is 0. The van der Waals surface area contributed by atoms with Gasteiger partial charge in [0.25, 0.3) is 0 Å². The molecule has 1 nitrogen and oxygen atoms in total. The van der Waals surface area contributed by atoms with Crippen LogP contribution in [0.2, 0.25) is 0 Å². The average Bonchev–Trinajstić information content (AvgIpc) is 1.46. The van der Waals surface area contributed by atoms with Crippen LogP contribution >= 0.6 is 37.2 Å². The molecule has 0 saturated carbocycles. The van der Waals surface area contributed by atoms with Crippen LogP contribution in [-0.4, -0.2) is 34.3 Å². The van der Waals surface area contributed by atoms with Crippen molar-refractivity contribution >= 4 is 64.5 Å². The third-order valence-corrected chi connectivity index (χ3v) is 0. The SMILES string of the molecule is CN.I[I-]I.[PbH2]. The van der Waals surface area contributed by atoms with Crippen LogP contribution in [0, 0.1) is 0 Å². The third-order valence-electron chi connectivity index (χ3n) is 0. The van der Waals surface area contributed by atoms with Crippen molar-refractivity contribution in [3.05, 3.63) is 0 Å². The van der Waals surface area contributed by atoms with E-state index in [1.807, 2.05) is 0 Å². The minimum absolute atomic E-state index is 0. The van der Waals surface area contributed by atoms with E-state index in [2.05, 4.69) is 43.0 Å². The van der Waals surface area contributed by atoms with Gasteiger partial charge in [-0.2, -0.15) is 0 Å². The van der Waals surface area contributed by atoms with Gasteiger partial charge in [-0.3, -0.25) is 0 Å². The average molecular weight is 621 g/mol. The van der Waals surface area contributed by atoms with Crippen molar-refractivity contribution in [3.63, 3.8) is 0 Å². The van der Waals surface area contributed by atoms with E-state index in [0.717, 1.165) is 0 Å². The van der Waals surface area contributed by atoms with Gasteiger partial charge < -0.3 is 5.73 Å². The maximum absolute atomic E-state index is 4.50. The molecule has 0 aliphatic rings. The van der Waals surface area contributed by atoms with Crippen molar-refractivity contribution in [3.8, 4) is 0 Å². The van der Waals surface area contributed by atoms with Crippen LogP contribution in [0.5, 0.6) is 0 Å². The van der Waals surface area contributed by atoms with Gasteiger partial charge in [-0.1, -0.05) is 0 Å². The Morgan fingerprint density at radius 2 is 1.33 bits per heavy atom. The van der Waals surface area contributed by atoms with Crippen molar-refractivity contribution in [2.24, 2.45) is 5.73 Å². The molecule has 42 valence electrons. The van der Waals surface area contributed by atoms with Crippen LogP contribution in [0.3, 0.4) is 0 Å². The monoisotopic (exact) mass is 622 g/mol. The molecule has 6 heavy (non-hydrogen) atoms. The molecule has 0 aromatic carbocycles. The standard InChI is InChI=1S/CH5N.I3.Pb.2H/c1-2;1-3-2;;;/h2H2,1H3;;;;/q;-1;;;. The molecular formula is CH7I3NPb-. The molecule has 2 N–H and O–H groups in total. The normalized spacial score (nSPS) is 4.67. The molecule has 0 rings (SSSR count). The molecule has 0 heterocycles. The first-order valence-electron chi connectivity index (χ1n) is 0.863. The molecule has 0 spiro atoms. The number of hydrogen-bond acceptors (Lipinski definition) is 1. The Balaban J connectivity index is -0.0000000275. The van der Waals surface area contributed by atoms with Gasteiger partial charge in [-0.15, -0.1) is 0 Å². The van der Waals surface area contributed by atoms with Crippen molar-refractivity contribution < 1.29 is 13.3 Å². The van der Waals surface area contributed by atoms with Crippen molar-refractivity contribution in [1.29, 1.82) is 0 Å². The molecule has 0 aromatic rings. The van der Waals surface area contributed by atoms with Crippen molar-refractivity contribution in [2.45, 2.75) is 0 Å². The first-order chi connectivity index (χ1) is 2.41. The third kappa shape index (κ3) is 27.6. The summed E-state index contributed by atoms with van der Waals surface area (Å²) in [6, 6.07) is 0. The fourth-order valence-corrected chi connectivity index (χ4v) is 0. The summed E-state index contributed by atoms with van der Waals surface area (Å²) in [5.74, 6) is 0. The fraction of sp³-hybridized carbons (Fsp3) is 1.00. The molecule has 0 aromatic heterocycles. The Morgan fingerprint density at radius 3 is 1.33 bits per heavy atom. The van der Waals surface area contributed by atoms with Crippen molar-refractivity contribution in [1.82, 2.24) is 0 Å². The van der Waals surface area contributed by atoms with Crippen LogP contribution in [0.15, 0.2) is 0 Å². The first-order valence-corrected chi connectivity index (χ1v) is 13.4. The van der Waals surface area contributed by atoms with Gasteiger partial charge in [0.05, 0.1) is 0 Å². The van der Waals surface area contributed by atoms with Gasteiger partial charge in [0.1, 0.15) is 0 Å². The Kier molecular flexibility index (Phi) is 65.1. The summed E-state index contributed by atoms with van der Waals surface area (Å²) in [7, 11) is 1.50. The van der Waals surface area contributed by atoms with Crippen LogP contribution < -0.4 is 19.0 Å². The summed E-state index contributed by atoms with van der Waals surface area (Å²) in [6.45, 7) is 0. The second kappa shape index (κ2) is 24.3. The fourth-order valence-electron chi connectivity index (χ4n) is 0. The number of hydrogen-bond donors (Lipinski definition) is 1. The summed E-state index contributed by atoms with van der Waals surface area (Å²) >= 11 is 5.30. The zero-order chi connectivity index (χ0) is 4.71. The molecule has 0 saturated heterocycles. The van der Waals surface area contributed by atoms with Gasteiger partial charge >= 0.3 is 77.8 Å². The molecule has 0 bridgehead atoms.